The van der Waals surface area contributed by atoms with Crippen LogP contribution in [0.4, 0.5) is 4.79 Å². The van der Waals surface area contributed by atoms with Crippen LogP contribution >= 0.6 is 0 Å². The number of methoxy groups -OCH3 is 1. The van der Waals surface area contributed by atoms with Gasteiger partial charge in [-0.1, -0.05) is 69.9 Å². The number of amides is 4. The third-order valence-corrected chi connectivity index (χ3v) is 6.09. The van der Waals surface area contributed by atoms with Gasteiger partial charge in [0.1, 0.15) is 24.2 Å². The summed E-state index contributed by atoms with van der Waals surface area (Å²) in [5, 5.41) is 4.99. The molecular weight excluding hydrogens is 528 g/mol. The van der Waals surface area contributed by atoms with Crippen LogP contribution in [0.2, 0.25) is 0 Å². The van der Waals surface area contributed by atoms with E-state index < -0.39 is 60.4 Å². The summed E-state index contributed by atoms with van der Waals surface area (Å²) < 4.78 is 9.95. The summed E-state index contributed by atoms with van der Waals surface area (Å²) in [4.78, 5) is 65.3. The SMILES string of the molecule is C=Cc1cccc(C(C(=O)NCC(=O)OC)N(CCCCCCCC)C(=O)C(CC(N)=O)NC(=O)OC(C)(C)C)c1. The number of primary amides is 1. The number of nitrogens with two attached hydrogens (primary N) is 1. The normalized spacial score (nSPS) is 12.4. The Hall–Kier alpha value is -3.89. The number of ether oxygens (including phenoxy) is 2. The van der Waals surface area contributed by atoms with Gasteiger partial charge in [-0.3, -0.25) is 19.2 Å². The first kappa shape index (κ1) is 35.1. The second kappa shape index (κ2) is 17.7. The number of carbonyl (C=O) groups excluding carboxylic acids is 5. The molecule has 11 heteroatoms. The first-order chi connectivity index (χ1) is 19.3. The van der Waals surface area contributed by atoms with Gasteiger partial charge in [-0.05, 0) is 44.4 Å². The molecule has 4 amide bonds. The van der Waals surface area contributed by atoms with Crippen molar-refractivity contribution in [2.24, 2.45) is 5.73 Å². The summed E-state index contributed by atoms with van der Waals surface area (Å²) in [5.74, 6) is -2.81. The van der Waals surface area contributed by atoms with Gasteiger partial charge in [0.15, 0.2) is 0 Å². The molecule has 0 bridgehead atoms. The van der Waals surface area contributed by atoms with Crippen LogP contribution in [-0.4, -0.2) is 66.5 Å². The largest absolute Gasteiger partial charge is 0.468 e. The highest BCUT2D eigenvalue weighted by Crippen LogP contribution is 2.25. The molecule has 0 aliphatic carbocycles. The van der Waals surface area contributed by atoms with Crippen LogP contribution in [0, 0.1) is 0 Å². The minimum Gasteiger partial charge on any atom is -0.468 e. The molecule has 0 aliphatic heterocycles. The number of rotatable bonds is 17. The van der Waals surface area contributed by atoms with Crippen LogP contribution in [0.1, 0.15) is 89.8 Å². The van der Waals surface area contributed by atoms with E-state index in [1.807, 2.05) is 0 Å². The Labute approximate surface area is 243 Å². The maximum Gasteiger partial charge on any atom is 0.408 e. The molecule has 11 nitrogen and oxygen atoms in total. The Morgan fingerprint density at radius 3 is 2.32 bits per heavy atom. The zero-order chi connectivity index (χ0) is 31.0. The maximum atomic E-state index is 14.1. The van der Waals surface area contributed by atoms with Crippen LogP contribution in [0.5, 0.6) is 0 Å². The lowest BCUT2D eigenvalue weighted by atomic mass is 9.99. The minimum atomic E-state index is -1.39. The van der Waals surface area contributed by atoms with Gasteiger partial charge < -0.3 is 30.7 Å². The highest BCUT2D eigenvalue weighted by atomic mass is 16.6. The van der Waals surface area contributed by atoms with Crippen LogP contribution in [0.3, 0.4) is 0 Å². The van der Waals surface area contributed by atoms with E-state index in [0.29, 0.717) is 17.5 Å². The zero-order valence-corrected chi connectivity index (χ0v) is 25.0. The standard InChI is InChI=1S/C30H46N4O7/c1-7-9-10-11-12-13-17-34(28(38)23(19-24(31)35)33-29(39)41-30(3,4)5)26(27(37)32-20-25(36)40-6)22-16-14-15-21(8-2)18-22/h8,14-16,18,23,26H,2,7,9-13,17,19-20H2,1,3-6H3,(H2,31,35)(H,32,37)(H,33,39). The van der Waals surface area contributed by atoms with E-state index in [0.717, 1.165) is 32.1 Å². The van der Waals surface area contributed by atoms with Crippen molar-refractivity contribution in [3.8, 4) is 0 Å². The summed E-state index contributed by atoms with van der Waals surface area (Å²) in [5.41, 5.74) is 5.75. The fourth-order valence-electron chi connectivity index (χ4n) is 4.14. The maximum absolute atomic E-state index is 14.1. The average molecular weight is 575 g/mol. The number of hydrogen-bond acceptors (Lipinski definition) is 7. The quantitative estimate of drug-likeness (QED) is 0.189. The van der Waals surface area contributed by atoms with Crippen molar-refractivity contribution in [1.29, 1.82) is 0 Å². The fraction of sp³-hybridized carbons (Fsp3) is 0.567. The third-order valence-electron chi connectivity index (χ3n) is 6.09. The van der Waals surface area contributed by atoms with E-state index in [9.17, 15) is 24.0 Å². The number of benzene rings is 1. The molecule has 0 saturated carbocycles. The number of alkyl carbamates (subject to hydrolysis) is 1. The smallest absolute Gasteiger partial charge is 0.408 e. The van der Waals surface area contributed by atoms with Gasteiger partial charge in [-0.15, -0.1) is 0 Å². The lowest BCUT2D eigenvalue weighted by Gasteiger charge is -2.34. The Morgan fingerprint density at radius 2 is 1.73 bits per heavy atom. The van der Waals surface area contributed by atoms with Gasteiger partial charge in [-0.25, -0.2) is 4.79 Å². The molecule has 41 heavy (non-hydrogen) atoms. The molecule has 0 saturated heterocycles. The number of nitrogens with zero attached hydrogens (tertiary/aromatic N) is 1. The Bertz CT molecular complexity index is 1050. The first-order valence-electron chi connectivity index (χ1n) is 14.0. The van der Waals surface area contributed by atoms with Gasteiger partial charge in [0.25, 0.3) is 0 Å². The molecule has 0 spiro atoms. The van der Waals surface area contributed by atoms with E-state index in [-0.39, 0.29) is 6.54 Å². The summed E-state index contributed by atoms with van der Waals surface area (Å²) in [7, 11) is 1.20. The van der Waals surface area contributed by atoms with E-state index in [1.165, 1.54) is 12.0 Å². The molecule has 2 atom stereocenters. The molecule has 1 rings (SSSR count). The van der Waals surface area contributed by atoms with Gasteiger partial charge in [-0.2, -0.15) is 0 Å². The summed E-state index contributed by atoms with van der Waals surface area (Å²) in [6.07, 6.45) is 5.72. The molecule has 2 unspecified atom stereocenters. The van der Waals surface area contributed by atoms with E-state index in [1.54, 1.807) is 51.1 Å². The summed E-state index contributed by atoms with van der Waals surface area (Å²) in [6.45, 7) is 10.6. The molecule has 228 valence electrons. The molecule has 0 radical (unpaired) electrons. The topological polar surface area (TPSA) is 157 Å². The van der Waals surface area contributed by atoms with Crippen molar-refractivity contribution >= 4 is 35.9 Å². The van der Waals surface area contributed by atoms with Crippen LogP contribution in [0.15, 0.2) is 30.8 Å². The molecule has 0 aliphatic rings. The molecule has 0 aromatic heterocycles. The first-order valence-corrected chi connectivity index (χ1v) is 14.0. The molecule has 1 aromatic carbocycles. The van der Waals surface area contributed by atoms with Crippen molar-refractivity contribution in [3.05, 3.63) is 42.0 Å². The van der Waals surface area contributed by atoms with Crippen LogP contribution in [0.25, 0.3) is 6.08 Å². The monoisotopic (exact) mass is 574 g/mol. The number of unbranched alkanes of at least 4 members (excludes halogenated alkanes) is 5. The predicted octanol–water partition coefficient (Wildman–Crippen LogP) is 3.62. The Kier molecular flexibility index (Phi) is 15.2. The second-order valence-electron chi connectivity index (χ2n) is 10.7. The number of nitrogens with one attached hydrogen (secondary N) is 2. The van der Waals surface area contributed by atoms with Gasteiger partial charge >= 0.3 is 12.1 Å². The van der Waals surface area contributed by atoms with Crippen molar-refractivity contribution in [2.75, 3.05) is 20.2 Å². The van der Waals surface area contributed by atoms with Crippen molar-refractivity contribution in [1.82, 2.24) is 15.5 Å². The third kappa shape index (κ3) is 13.3. The summed E-state index contributed by atoms with van der Waals surface area (Å²) >= 11 is 0. The van der Waals surface area contributed by atoms with Crippen molar-refractivity contribution < 1.29 is 33.4 Å². The Balaban J connectivity index is 3.52. The highest BCUT2D eigenvalue weighted by molar-refractivity contribution is 5.95. The van der Waals surface area contributed by atoms with Gasteiger partial charge in [0.05, 0.1) is 13.5 Å². The van der Waals surface area contributed by atoms with Crippen molar-refractivity contribution in [2.45, 2.75) is 90.3 Å². The minimum absolute atomic E-state index is 0.144. The summed E-state index contributed by atoms with van der Waals surface area (Å²) in [6, 6.07) is 4.32. The van der Waals surface area contributed by atoms with Crippen LogP contribution < -0.4 is 16.4 Å². The number of hydrogen-bond donors (Lipinski definition) is 3. The average Bonchev–Trinajstić information content (AvgIpc) is 2.90. The highest BCUT2D eigenvalue weighted by Gasteiger charge is 2.37. The van der Waals surface area contributed by atoms with E-state index >= 15 is 0 Å². The van der Waals surface area contributed by atoms with E-state index in [2.05, 4.69) is 28.9 Å². The second-order valence-corrected chi connectivity index (χ2v) is 10.7. The molecule has 0 fully saturated rings. The number of carbonyl (C=O) groups is 5. The van der Waals surface area contributed by atoms with Gasteiger partial charge in [0, 0.05) is 6.54 Å². The molecule has 1 aromatic rings. The molecule has 4 N–H and O–H groups in total. The Morgan fingerprint density at radius 1 is 1.07 bits per heavy atom. The number of esters is 1. The molecular formula is C30H46N4O7. The zero-order valence-electron chi connectivity index (χ0n) is 25.0. The van der Waals surface area contributed by atoms with E-state index in [4.69, 9.17) is 10.5 Å². The predicted molar refractivity (Wildman–Crippen MR) is 156 cm³/mol. The lowest BCUT2D eigenvalue weighted by molar-refractivity contribution is -0.145. The molecule has 0 heterocycles. The lowest BCUT2D eigenvalue weighted by Crippen LogP contribution is -2.54. The van der Waals surface area contributed by atoms with Gasteiger partial charge in [0.2, 0.25) is 17.7 Å². The fourth-order valence-corrected chi connectivity index (χ4v) is 4.14. The van der Waals surface area contributed by atoms with Crippen molar-refractivity contribution in [3.63, 3.8) is 0 Å². The van der Waals surface area contributed by atoms with Crippen LogP contribution in [-0.2, 0) is 28.7 Å².